The smallest absolute Gasteiger partial charge is 0.224 e. The maximum Gasteiger partial charge on any atom is 0.224 e. The van der Waals surface area contributed by atoms with Gasteiger partial charge in [0.15, 0.2) is 6.20 Å². The number of nitrogens with zero attached hydrogens (tertiary/aromatic N) is 1. The van der Waals surface area contributed by atoms with Crippen LogP contribution in [0.15, 0.2) is 81.8 Å². The van der Waals surface area contributed by atoms with E-state index in [2.05, 4.69) is 87.1 Å². The fourth-order valence-corrected chi connectivity index (χ4v) is 5.61. The van der Waals surface area contributed by atoms with E-state index in [1.165, 1.54) is 27.5 Å². The molecule has 34 heavy (non-hydrogen) atoms. The molecule has 0 unspecified atom stereocenters. The van der Waals surface area contributed by atoms with Gasteiger partial charge in [-0.15, -0.1) is 0 Å². The van der Waals surface area contributed by atoms with Crippen LogP contribution < -0.4 is 4.57 Å². The standard InChI is InChI=1S/C31H24NO2/c1-17-15-24-20-9-5-7-11-25(20)33-31(24)28(19(17)3)29-23-16-18(2)27-22-10-6-8-12-26(22)34-30(27)21(23)13-14-32(29)4/h5-16H,1-4H3/q+1. The third-order valence-corrected chi connectivity index (χ3v) is 7.38. The normalized spacial score (nSPS) is 12.1. The number of furan rings is 2. The van der Waals surface area contributed by atoms with Crippen molar-refractivity contribution >= 4 is 54.6 Å². The summed E-state index contributed by atoms with van der Waals surface area (Å²) in [4.78, 5) is 0. The number of para-hydroxylation sites is 2. The molecule has 0 aliphatic rings. The lowest BCUT2D eigenvalue weighted by Gasteiger charge is -2.12. The number of hydrogen-bond acceptors (Lipinski definition) is 2. The van der Waals surface area contributed by atoms with Gasteiger partial charge in [-0.05, 0) is 61.7 Å². The zero-order valence-electron chi connectivity index (χ0n) is 19.7. The van der Waals surface area contributed by atoms with E-state index in [0.29, 0.717) is 0 Å². The highest BCUT2D eigenvalue weighted by atomic mass is 16.3. The number of fused-ring (bicyclic) bond motifs is 8. The molecular weight excluding hydrogens is 418 g/mol. The van der Waals surface area contributed by atoms with E-state index in [1.807, 2.05) is 18.2 Å². The van der Waals surface area contributed by atoms with Crippen molar-refractivity contribution < 1.29 is 13.4 Å². The van der Waals surface area contributed by atoms with Crippen LogP contribution in [0.4, 0.5) is 0 Å². The van der Waals surface area contributed by atoms with Gasteiger partial charge in [0.1, 0.15) is 29.4 Å². The molecule has 0 N–H and O–H groups in total. The summed E-state index contributed by atoms with van der Waals surface area (Å²) in [6.45, 7) is 6.57. The Hall–Kier alpha value is -4.11. The molecule has 0 atom stereocenters. The van der Waals surface area contributed by atoms with Gasteiger partial charge in [-0.2, -0.15) is 0 Å². The van der Waals surface area contributed by atoms with E-state index in [-0.39, 0.29) is 0 Å². The van der Waals surface area contributed by atoms with Crippen molar-refractivity contribution in [2.45, 2.75) is 20.8 Å². The Morgan fingerprint density at radius 1 is 0.618 bits per heavy atom. The first-order valence-electron chi connectivity index (χ1n) is 11.7. The minimum atomic E-state index is 0.919. The quantitative estimate of drug-likeness (QED) is 0.241. The molecule has 3 heterocycles. The average Bonchev–Trinajstić information content (AvgIpc) is 3.40. The van der Waals surface area contributed by atoms with Crippen LogP contribution in [-0.4, -0.2) is 0 Å². The second-order valence-electron chi connectivity index (χ2n) is 9.40. The minimum Gasteiger partial charge on any atom is -0.455 e. The molecule has 3 aromatic heterocycles. The Bertz CT molecular complexity index is 1950. The molecule has 0 spiro atoms. The van der Waals surface area contributed by atoms with Crippen LogP contribution in [0.2, 0.25) is 0 Å². The Morgan fingerprint density at radius 3 is 2.06 bits per heavy atom. The summed E-state index contributed by atoms with van der Waals surface area (Å²) in [6.07, 6.45) is 2.13. The fourth-order valence-electron chi connectivity index (χ4n) is 5.61. The van der Waals surface area contributed by atoms with Gasteiger partial charge >= 0.3 is 0 Å². The van der Waals surface area contributed by atoms with Crippen LogP contribution in [0.3, 0.4) is 0 Å². The zero-order chi connectivity index (χ0) is 23.1. The van der Waals surface area contributed by atoms with Gasteiger partial charge in [0, 0.05) is 33.0 Å². The predicted molar refractivity (Wildman–Crippen MR) is 139 cm³/mol. The molecule has 4 aromatic carbocycles. The molecule has 7 aromatic rings. The molecule has 7 rings (SSSR count). The van der Waals surface area contributed by atoms with Crippen molar-refractivity contribution in [2.75, 3.05) is 0 Å². The van der Waals surface area contributed by atoms with Gasteiger partial charge in [-0.1, -0.05) is 36.4 Å². The van der Waals surface area contributed by atoms with Crippen molar-refractivity contribution in [1.82, 2.24) is 0 Å². The lowest BCUT2D eigenvalue weighted by Crippen LogP contribution is -2.31. The van der Waals surface area contributed by atoms with Crippen LogP contribution in [0.1, 0.15) is 16.7 Å². The number of aryl methyl sites for hydroxylation is 3. The lowest BCUT2D eigenvalue weighted by atomic mass is 9.92. The fraction of sp³-hybridized carbons (Fsp3) is 0.129. The Labute approximate surface area is 196 Å². The first kappa shape index (κ1) is 19.4. The SMILES string of the molecule is Cc1cc2c(oc3ccccc32)c(-c2c3cc(C)c4c5ccccc5oc4c3cc[n+]2C)c1C. The van der Waals surface area contributed by atoms with Gasteiger partial charge < -0.3 is 8.83 Å². The monoisotopic (exact) mass is 442 g/mol. The molecule has 3 heteroatoms. The molecule has 0 aliphatic heterocycles. The molecule has 164 valence electrons. The summed E-state index contributed by atoms with van der Waals surface area (Å²) < 4.78 is 15.2. The predicted octanol–water partition coefficient (Wildman–Crippen LogP) is 8.06. The van der Waals surface area contributed by atoms with Gasteiger partial charge in [0.05, 0.1) is 10.9 Å². The number of benzene rings is 4. The molecule has 0 saturated carbocycles. The van der Waals surface area contributed by atoms with Crippen LogP contribution in [0.5, 0.6) is 0 Å². The molecule has 0 saturated heterocycles. The highest BCUT2D eigenvalue weighted by molar-refractivity contribution is 6.19. The lowest BCUT2D eigenvalue weighted by molar-refractivity contribution is -0.659. The molecule has 0 radical (unpaired) electrons. The average molecular weight is 443 g/mol. The molecule has 0 aliphatic carbocycles. The molecule has 3 nitrogen and oxygen atoms in total. The van der Waals surface area contributed by atoms with E-state index in [0.717, 1.165) is 55.1 Å². The maximum atomic E-state index is 6.51. The largest absolute Gasteiger partial charge is 0.455 e. The highest BCUT2D eigenvalue weighted by Crippen LogP contribution is 2.43. The van der Waals surface area contributed by atoms with Gasteiger partial charge in [0.25, 0.3) is 0 Å². The molecular formula is C31H24NO2+. The Morgan fingerprint density at radius 2 is 1.26 bits per heavy atom. The number of rotatable bonds is 1. The summed E-state index contributed by atoms with van der Waals surface area (Å²) in [6, 6.07) is 23.3. The summed E-state index contributed by atoms with van der Waals surface area (Å²) in [5, 5.41) is 6.96. The Balaban J connectivity index is 1.69. The molecule has 0 bridgehead atoms. The molecule has 0 fully saturated rings. The Kier molecular flexibility index (Phi) is 3.82. The van der Waals surface area contributed by atoms with Crippen molar-refractivity contribution in [3.63, 3.8) is 0 Å². The van der Waals surface area contributed by atoms with Crippen molar-refractivity contribution in [3.05, 3.63) is 89.6 Å². The van der Waals surface area contributed by atoms with E-state index in [9.17, 15) is 0 Å². The van der Waals surface area contributed by atoms with Crippen LogP contribution in [-0.2, 0) is 7.05 Å². The van der Waals surface area contributed by atoms with Gasteiger partial charge in [-0.25, -0.2) is 4.57 Å². The van der Waals surface area contributed by atoms with Crippen molar-refractivity contribution in [1.29, 1.82) is 0 Å². The third-order valence-electron chi connectivity index (χ3n) is 7.38. The highest BCUT2D eigenvalue weighted by Gasteiger charge is 2.26. The van der Waals surface area contributed by atoms with Crippen LogP contribution in [0.25, 0.3) is 65.9 Å². The van der Waals surface area contributed by atoms with E-state index < -0.39 is 0 Å². The third kappa shape index (κ3) is 2.44. The summed E-state index contributed by atoms with van der Waals surface area (Å²) >= 11 is 0. The van der Waals surface area contributed by atoms with E-state index in [4.69, 9.17) is 8.83 Å². The topological polar surface area (TPSA) is 30.2 Å². The van der Waals surface area contributed by atoms with Crippen molar-refractivity contribution in [2.24, 2.45) is 7.05 Å². The van der Waals surface area contributed by atoms with Crippen molar-refractivity contribution in [3.8, 4) is 11.3 Å². The van der Waals surface area contributed by atoms with Crippen LogP contribution in [0, 0.1) is 20.8 Å². The molecule has 0 amide bonds. The minimum absolute atomic E-state index is 0.919. The second-order valence-corrected chi connectivity index (χ2v) is 9.40. The zero-order valence-corrected chi connectivity index (χ0v) is 19.7. The maximum absolute atomic E-state index is 6.51. The summed E-state index contributed by atoms with van der Waals surface area (Å²) in [7, 11) is 2.11. The van der Waals surface area contributed by atoms with Crippen LogP contribution >= 0.6 is 0 Å². The number of pyridine rings is 1. The second kappa shape index (κ2) is 6.71. The first-order chi connectivity index (χ1) is 16.5. The van der Waals surface area contributed by atoms with E-state index in [1.54, 1.807) is 0 Å². The summed E-state index contributed by atoms with van der Waals surface area (Å²) in [5.74, 6) is 0. The first-order valence-corrected chi connectivity index (χ1v) is 11.7. The summed E-state index contributed by atoms with van der Waals surface area (Å²) in [5.41, 5.74) is 9.73. The van der Waals surface area contributed by atoms with Gasteiger partial charge in [0.2, 0.25) is 5.69 Å². The number of hydrogen-bond donors (Lipinski definition) is 0. The van der Waals surface area contributed by atoms with Gasteiger partial charge in [-0.3, -0.25) is 0 Å². The number of aromatic nitrogens is 1. The van der Waals surface area contributed by atoms with E-state index >= 15 is 0 Å².